The molecule has 0 heterocycles. The molecule has 1 atom stereocenters. The first-order chi connectivity index (χ1) is 30.0. The number of allylic oxidation sites excluding steroid dienone is 8. The van der Waals surface area contributed by atoms with Crippen LogP contribution in [0.5, 0.6) is 0 Å². The normalized spacial score (nSPS) is 12.4. The number of ether oxygens (including phenoxy) is 3. The molecule has 0 amide bonds. The Morgan fingerprint density at radius 1 is 0.344 bits per heavy atom. The Morgan fingerprint density at radius 3 is 1.00 bits per heavy atom. The third-order valence-corrected chi connectivity index (χ3v) is 11.3. The average Bonchev–Trinajstić information content (AvgIpc) is 3.26. The van der Waals surface area contributed by atoms with Crippen molar-refractivity contribution in [1.82, 2.24) is 0 Å². The van der Waals surface area contributed by atoms with Gasteiger partial charge in [0.05, 0.1) is 0 Å². The maximum atomic E-state index is 12.8. The van der Waals surface area contributed by atoms with Crippen LogP contribution in [0.3, 0.4) is 0 Å². The standard InChI is InChI=1S/C55H98O6/c1-4-7-10-13-16-19-22-24-25-26-27-28-29-30-31-32-34-36-39-42-45-48-54(57)60-51-52(50-59-53(56)47-44-41-38-35-21-18-15-12-9-6-3)61-55(58)49-46-43-40-37-33-23-20-17-14-11-8-5-2/h7,10,16,19,24-25,27-28,52H,4-6,8-9,11-15,17-18,20-23,26,29-51H2,1-3H3/b10-7-,19-16-,25-24-,28-27-. The molecule has 354 valence electrons. The molecule has 0 aliphatic rings. The van der Waals surface area contributed by atoms with E-state index in [0.29, 0.717) is 19.3 Å². The van der Waals surface area contributed by atoms with Gasteiger partial charge in [-0.25, -0.2) is 0 Å². The molecule has 0 radical (unpaired) electrons. The summed E-state index contributed by atoms with van der Waals surface area (Å²) in [5, 5.41) is 0. The van der Waals surface area contributed by atoms with Gasteiger partial charge < -0.3 is 14.2 Å². The Balaban J connectivity index is 4.28. The van der Waals surface area contributed by atoms with Crippen molar-refractivity contribution in [1.29, 1.82) is 0 Å². The summed E-state index contributed by atoms with van der Waals surface area (Å²) < 4.78 is 16.8. The van der Waals surface area contributed by atoms with Crippen molar-refractivity contribution in [2.75, 3.05) is 13.2 Å². The first-order valence-electron chi connectivity index (χ1n) is 26.1. The SMILES string of the molecule is CC/C=C\C/C=C\C/C=C\C/C=C\CCCCCCCCCCC(=O)OCC(COC(=O)CCCCCCCCCCCC)OC(=O)CCCCCCCCCCCCCC. The van der Waals surface area contributed by atoms with Gasteiger partial charge in [-0.15, -0.1) is 0 Å². The first kappa shape index (κ1) is 58.4. The van der Waals surface area contributed by atoms with Gasteiger partial charge in [0.2, 0.25) is 0 Å². The molecule has 6 nitrogen and oxygen atoms in total. The zero-order valence-electron chi connectivity index (χ0n) is 40.4. The highest BCUT2D eigenvalue weighted by Crippen LogP contribution is 2.15. The van der Waals surface area contributed by atoms with Crippen LogP contribution in [0, 0.1) is 0 Å². The summed E-state index contributed by atoms with van der Waals surface area (Å²) in [5.74, 6) is -0.873. The maximum Gasteiger partial charge on any atom is 0.306 e. The molecule has 0 aliphatic heterocycles. The summed E-state index contributed by atoms with van der Waals surface area (Å²) in [6, 6.07) is 0. The van der Waals surface area contributed by atoms with E-state index in [4.69, 9.17) is 14.2 Å². The predicted octanol–water partition coefficient (Wildman–Crippen LogP) is 17.1. The Bertz CT molecular complexity index is 1070. The summed E-state index contributed by atoms with van der Waals surface area (Å²) in [7, 11) is 0. The maximum absolute atomic E-state index is 12.8. The molecule has 0 N–H and O–H groups in total. The van der Waals surface area contributed by atoms with Crippen LogP contribution in [0.4, 0.5) is 0 Å². The van der Waals surface area contributed by atoms with E-state index in [1.165, 1.54) is 135 Å². The number of carbonyl (C=O) groups is 3. The second kappa shape index (κ2) is 50.0. The molecule has 0 bridgehead atoms. The van der Waals surface area contributed by atoms with Crippen LogP contribution in [0.2, 0.25) is 0 Å². The Kier molecular flexibility index (Phi) is 47.9. The van der Waals surface area contributed by atoms with Crippen LogP contribution in [-0.4, -0.2) is 37.2 Å². The van der Waals surface area contributed by atoms with Crippen molar-refractivity contribution in [2.24, 2.45) is 0 Å². The number of carbonyl (C=O) groups excluding carboxylic acids is 3. The van der Waals surface area contributed by atoms with Crippen LogP contribution in [0.25, 0.3) is 0 Å². The quantitative estimate of drug-likeness (QED) is 0.0263. The van der Waals surface area contributed by atoms with Crippen molar-refractivity contribution in [3.63, 3.8) is 0 Å². The molecular formula is C55H98O6. The van der Waals surface area contributed by atoms with Gasteiger partial charge in [-0.2, -0.15) is 0 Å². The summed E-state index contributed by atoms with van der Waals surface area (Å²) in [5.41, 5.74) is 0. The van der Waals surface area contributed by atoms with Crippen LogP contribution >= 0.6 is 0 Å². The summed E-state index contributed by atoms with van der Waals surface area (Å²) in [6.45, 7) is 6.52. The molecule has 1 unspecified atom stereocenters. The molecule has 0 aromatic carbocycles. The number of hydrogen-bond acceptors (Lipinski definition) is 6. The molecule has 0 aliphatic carbocycles. The largest absolute Gasteiger partial charge is 0.462 e. The number of unbranched alkanes of at least 4 members (excludes halogenated alkanes) is 28. The average molecular weight is 855 g/mol. The van der Waals surface area contributed by atoms with Gasteiger partial charge in [-0.3, -0.25) is 14.4 Å². The van der Waals surface area contributed by atoms with Crippen LogP contribution in [0.1, 0.15) is 265 Å². The zero-order chi connectivity index (χ0) is 44.4. The minimum Gasteiger partial charge on any atom is -0.462 e. The van der Waals surface area contributed by atoms with Crippen molar-refractivity contribution < 1.29 is 28.6 Å². The monoisotopic (exact) mass is 855 g/mol. The van der Waals surface area contributed by atoms with Crippen LogP contribution in [-0.2, 0) is 28.6 Å². The molecule has 0 saturated heterocycles. The molecule has 0 spiro atoms. The van der Waals surface area contributed by atoms with Gasteiger partial charge in [0, 0.05) is 19.3 Å². The van der Waals surface area contributed by atoms with Crippen LogP contribution in [0.15, 0.2) is 48.6 Å². The van der Waals surface area contributed by atoms with E-state index in [1.807, 2.05) is 0 Å². The first-order valence-corrected chi connectivity index (χ1v) is 26.1. The van der Waals surface area contributed by atoms with E-state index in [2.05, 4.69) is 69.4 Å². The summed E-state index contributed by atoms with van der Waals surface area (Å²) in [4.78, 5) is 37.9. The molecule has 0 rings (SSSR count). The van der Waals surface area contributed by atoms with E-state index >= 15 is 0 Å². The fourth-order valence-corrected chi connectivity index (χ4v) is 7.43. The van der Waals surface area contributed by atoms with Crippen LogP contribution < -0.4 is 0 Å². The number of esters is 3. The number of rotatable bonds is 47. The number of hydrogen-bond donors (Lipinski definition) is 0. The summed E-state index contributed by atoms with van der Waals surface area (Å²) in [6.07, 6.45) is 59.5. The Labute approximate surface area is 378 Å². The highest BCUT2D eigenvalue weighted by molar-refractivity contribution is 5.71. The topological polar surface area (TPSA) is 78.9 Å². The molecule has 0 aromatic rings. The Morgan fingerprint density at radius 2 is 0.639 bits per heavy atom. The van der Waals surface area contributed by atoms with Crippen molar-refractivity contribution >= 4 is 17.9 Å². The minimum atomic E-state index is -0.770. The van der Waals surface area contributed by atoms with Crippen molar-refractivity contribution in [3.05, 3.63) is 48.6 Å². The second-order valence-corrected chi connectivity index (χ2v) is 17.4. The molecule has 0 saturated carbocycles. The molecule has 0 aromatic heterocycles. The molecule has 61 heavy (non-hydrogen) atoms. The molecule has 0 fully saturated rings. The highest BCUT2D eigenvalue weighted by atomic mass is 16.6. The lowest BCUT2D eigenvalue weighted by Gasteiger charge is -2.18. The summed E-state index contributed by atoms with van der Waals surface area (Å²) >= 11 is 0. The van der Waals surface area contributed by atoms with Gasteiger partial charge in [0.15, 0.2) is 6.10 Å². The van der Waals surface area contributed by atoms with E-state index in [1.54, 1.807) is 0 Å². The highest BCUT2D eigenvalue weighted by Gasteiger charge is 2.19. The van der Waals surface area contributed by atoms with E-state index in [0.717, 1.165) is 89.9 Å². The molecule has 6 heteroatoms. The lowest BCUT2D eigenvalue weighted by molar-refractivity contribution is -0.167. The third-order valence-electron chi connectivity index (χ3n) is 11.3. The second-order valence-electron chi connectivity index (χ2n) is 17.4. The lowest BCUT2D eigenvalue weighted by Crippen LogP contribution is -2.30. The predicted molar refractivity (Wildman–Crippen MR) is 261 cm³/mol. The van der Waals surface area contributed by atoms with Gasteiger partial charge in [-0.1, -0.05) is 236 Å². The van der Waals surface area contributed by atoms with E-state index < -0.39 is 6.10 Å². The van der Waals surface area contributed by atoms with Gasteiger partial charge >= 0.3 is 17.9 Å². The van der Waals surface area contributed by atoms with Gasteiger partial charge in [0.1, 0.15) is 13.2 Å². The van der Waals surface area contributed by atoms with Crippen molar-refractivity contribution in [2.45, 2.75) is 271 Å². The molecular weight excluding hydrogens is 757 g/mol. The van der Waals surface area contributed by atoms with E-state index in [-0.39, 0.29) is 31.1 Å². The fourth-order valence-electron chi connectivity index (χ4n) is 7.43. The lowest BCUT2D eigenvalue weighted by atomic mass is 10.0. The zero-order valence-corrected chi connectivity index (χ0v) is 40.4. The smallest absolute Gasteiger partial charge is 0.306 e. The van der Waals surface area contributed by atoms with Gasteiger partial charge in [-0.05, 0) is 57.8 Å². The van der Waals surface area contributed by atoms with Crippen molar-refractivity contribution in [3.8, 4) is 0 Å². The Hall–Kier alpha value is -2.63. The van der Waals surface area contributed by atoms with E-state index in [9.17, 15) is 14.4 Å². The minimum absolute atomic E-state index is 0.0719. The van der Waals surface area contributed by atoms with Gasteiger partial charge in [0.25, 0.3) is 0 Å². The third kappa shape index (κ3) is 48.3. The fraction of sp³-hybridized carbons (Fsp3) is 0.800.